The van der Waals surface area contributed by atoms with Crippen LogP contribution in [0.2, 0.25) is 0 Å². The third kappa shape index (κ3) is 3.13. The monoisotopic (exact) mass is 311 g/mol. The molecule has 5 nitrogen and oxygen atoms in total. The third-order valence-corrected chi connectivity index (χ3v) is 3.37. The van der Waals surface area contributed by atoms with Crippen LogP contribution in [0, 0.1) is 0 Å². The molecule has 0 aliphatic rings. The number of carbonyl (C=O) groups excluding carboxylic acids is 1. The molecular weight excluding hydrogens is 294 g/mol. The van der Waals surface area contributed by atoms with Crippen molar-refractivity contribution in [3.05, 3.63) is 54.3 Å². The molecule has 1 amide bonds. The van der Waals surface area contributed by atoms with Crippen molar-refractivity contribution in [1.82, 2.24) is 0 Å². The van der Waals surface area contributed by atoms with Gasteiger partial charge in [-0.3, -0.25) is 4.79 Å². The molecule has 23 heavy (non-hydrogen) atoms. The number of ether oxygens (including phenoxy) is 2. The SMILES string of the molecule is CCOc1ccc(NC(=O)c2cc3cccc(OC)c3o2)cc1. The highest BCUT2D eigenvalue weighted by Gasteiger charge is 2.15. The van der Waals surface area contributed by atoms with E-state index in [1.54, 1.807) is 43.5 Å². The van der Waals surface area contributed by atoms with Gasteiger partial charge in [0.2, 0.25) is 0 Å². The first-order valence-electron chi connectivity index (χ1n) is 7.32. The Balaban J connectivity index is 1.80. The number of hydrogen-bond donors (Lipinski definition) is 1. The van der Waals surface area contributed by atoms with Crippen molar-refractivity contribution in [2.75, 3.05) is 19.0 Å². The van der Waals surface area contributed by atoms with Crippen LogP contribution >= 0.6 is 0 Å². The average molecular weight is 311 g/mol. The van der Waals surface area contributed by atoms with Gasteiger partial charge in [-0.1, -0.05) is 12.1 Å². The van der Waals surface area contributed by atoms with E-state index >= 15 is 0 Å². The van der Waals surface area contributed by atoms with E-state index in [0.29, 0.717) is 23.6 Å². The van der Waals surface area contributed by atoms with Gasteiger partial charge in [-0.25, -0.2) is 0 Å². The van der Waals surface area contributed by atoms with Gasteiger partial charge >= 0.3 is 0 Å². The van der Waals surface area contributed by atoms with E-state index < -0.39 is 0 Å². The molecule has 0 aliphatic carbocycles. The molecule has 118 valence electrons. The minimum atomic E-state index is -0.313. The van der Waals surface area contributed by atoms with E-state index in [9.17, 15) is 4.79 Å². The Morgan fingerprint density at radius 1 is 1.17 bits per heavy atom. The number of amides is 1. The molecule has 3 rings (SSSR count). The standard InChI is InChI=1S/C18H17NO4/c1-3-22-14-9-7-13(8-10-14)19-18(20)16-11-12-5-4-6-15(21-2)17(12)23-16/h4-11H,3H2,1-2H3,(H,19,20). The Kier molecular flexibility index (Phi) is 4.19. The number of benzene rings is 2. The number of hydrogen-bond acceptors (Lipinski definition) is 4. The lowest BCUT2D eigenvalue weighted by Gasteiger charge is -2.05. The molecular formula is C18H17NO4. The summed E-state index contributed by atoms with van der Waals surface area (Å²) in [4.78, 5) is 12.3. The first kappa shape index (κ1) is 15.0. The Hall–Kier alpha value is -2.95. The molecule has 0 saturated heterocycles. The molecule has 0 bridgehead atoms. The quantitative estimate of drug-likeness (QED) is 0.771. The van der Waals surface area contributed by atoms with Crippen molar-refractivity contribution in [3.63, 3.8) is 0 Å². The van der Waals surface area contributed by atoms with E-state index in [2.05, 4.69) is 5.32 Å². The van der Waals surface area contributed by atoms with Crippen LogP contribution in [0.15, 0.2) is 52.9 Å². The second kappa shape index (κ2) is 6.44. The summed E-state index contributed by atoms with van der Waals surface area (Å²) < 4.78 is 16.2. The molecule has 0 radical (unpaired) electrons. The lowest BCUT2D eigenvalue weighted by molar-refractivity contribution is 0.0998. The van der Waals surface area contributed by atoms with Crippen molar-refractivity contribution < 1.29 is 18.7 Å². The predicted molar refractivity (Wildman–Crippen MR) is 88.3 cm³/mol. The molecule has 2 aromatic carbocycles. The normalized spacial score (nSPS) is 10.5. The molecule has 5 heteroatoms. The Bertz CT molecular complexity index is 821. The molecule has 0 unspecified atom stereocenters. The number of rotatable bonds is 5. The second-order valence-electron chi connectivity index (χ2n) is 4.90. The first-order chi connectivity index (χ1) is 11.2. The zero-order chi connectivity index (χ0) is 16.2. The number of methoxy groups -OCH3 is 1. The van der Waals surface area contributed by atoms with Gasteiger partial charge < -0.3 is 19.2 Å². The van der Waals surface area contributed by atoms with E-state index in [4.69, 9.17) is 13.9 Å². The maximum Gasteiger partial charge on any atom is 0.291 e. The molecule has 1 heterocycles. The van der Waals surface area contributed by atoms with E-state index in [0.717, 1.165) is 11.1 Å². The fourth-order valence-electron chi connectivity index (χ4n) is 2.30. The number of nitrogens with one attached hydrogen (secondary N) is 1. The number of carbonyl (C=O) groups is 1. The summed E-state index contributed by atoms with van der Waals surface area (Å²) in [5.74, 6) is 1.28. The molecule has 1 N–H and O–H groups in total. The van der Waals surface area contributed by atoms with Crippen molar-refractivity contribution in [1.29, 1.82) is 0 Å². The van der Waals surface area contributed by atoms with Gasteiger partial charge in [0.15, 0.2) is 17.1 Å². The van der Waals surface area contributed by atoms with Crippen LogP contribution in [0.5, 0.6) is 11.5 Å². The average Bonchev–Trinajstić information content (AvgIpc) is 3.01. The number of anilines is 1. The lowest BCUT2D eigenvalue weighted by atomic mass is 10.2. The minimum Gasteiger partial charge on any atom is -0.494 e. The van der Waals surface area contributed by atoms with Gasteiger partial charge in [-0.05, 0) is 43.3 Å². The maximum absolute atomic E-state index is 12.3. The summed E-state index contributed by atoms with van der Waals surface area (Å²) >= 11 is 0. The Morgan fingerprint density at radius 3 is 2.65 bits per heavy atom. The van der Waals surface area contributed by atoms with Crippen LogP contribution in [-0.4, -0.2) is 19.6 Å². The summed E-state index contributed by atoms with van der Waals surface area (Å²) in [5.41, 5.74) is 1.23. The van der Waals surface area contributed by atoms with E-state index in [-0.39, 0.29) is 11.7 Å². The van der Waals surface area contributed by atoms with E-state index in [1.807, 2.05) is 19.1 Å². The van der Waals surface area contributed by atoms with Crippen LogP contribution < -0.4 is 14.8 Å². The summed E-state index contributed by atoms with van der Waals surface area (Å²) in [7, 11) is 1.57. The largest absolute Gasteiger partial charge is 0.494 e. The third-order valence-electron chi connectivity index (χ3n) is 3.37. The topological polar surface area (TPSA) is 60.7 Å². The molecule has 0 aliphatic heterocycles. The summed E-state index contributed by atoms with van der Waals surface area (Å²) in [5, 5.41) is 3.62. The van der Waals surface area contributed by atoms with Crippen LogP contribution in [0.1, 0.15) is 17.5 Å². The molecule has 0 fully saturated rings. The van der Waals surface area contributed by atoms with E-state index in [1.165, 1.54) is 0 Å². The molecule has 0 saturated carbocycles. The van der Waals surface area contributed by atoms with Crippen LogP contribution in [0.3, 0.4) is 0 Å². The highest BCUT2D eigenvalue weighted by atomic mass is 16.5. The summed E-state index contributed by atoms with van der Waals surface area (Å²) in [6, 6.07) is 14.4. The minimum absolute atomic E-state index is 0.235. The van der Waals surface area contributed by atoms with Crippen molar-refractivity contribution >= 4 is 22.6 Å². The Labute approximate surface area is 133 Å². The second-order valence-corrected chi connectivity index (χ2v) is 4.90. The fraction of sp³-hybridized carbons (Fsp3) is 0.167. The molecule has 1 aromatic heterocycles. The number of furan rings is 1. The maximum atomic E-state index is 12.3. The fourth-order valence-corrected chi connectivity index (χ4v) is 2.30. The zero-order valence-corrected chi connectivity index (χ0v) is 13.0. The summed E-state index contributed by atoms with van der Waals surface area (Å²) in [6.45, 7) is 2.53. The van der Waals surface area contributed by atoms with Gasteiger partial charge in [0.05, 0.1) is 13.7 Å². The Morgan fingerprint density at radius 2 is 1.96 bits per heavy atom. The van der Waals surface area contributed by atoms with Crippen molar-refractivity contribution in [2.45, 2.75) is 6.92 Å². The van der Waals surface area contributed by atoms with Gasteiger partial charge in [0.1, 0.15) is 5.75 Å². The highest BCUT2D eigenvalue weighted by molar-refractivity contribution is 6.05. The van der Waals surface area contributed by atoms with Crippen molar-refractivity contribution in [2.24, 2.45) is 0 Å². The van der Waals surface area contributed by atoms with Crippen LogP contribution in [-0.2, 0) is 0 Å². The van der Waals surface area contributed by atoms with Gasteiger partial charge in [-0.2, -0.15) is 0 Å². The van der Waals surface area contributed by atoms with Crippen LogP contribution in [0.4, 0.5) is 5.69 Å². The van der Waals surface area contributed by atoms with Gasteiger partial charge in [-0.15, -0.1) is 0 Å². The smallest absolute Gasteiger partial charge is 0.291 e. The predicted octanol–water partition coefficient (Wildman–Crippen LogP) is 4.09. The highest BCUT2D eigenvalue weighted by Crippen LogP contribution is 2.28. The first-order valence-corrected chi connectivity index (χ1v) is 7.32. The molecule has 0 atom stereocenters. The van der Waals surface area contributed by atoms with Crippen molar-refractivity contribution in [3.8, 4) is 11.5 Å². The summed E-state index contributed by atoms with van der Waals surface area (Å²) in [6.07, 6.45) is 0. The van der Waals surface area contributed by atoms with Gasteiger partial charge in [0.25, 0.3) is 5.91 Å². The number of para-hydroxylation sites is 1. The molecule has 3 aromatic rings. The van der Waals surface area contributed by atoms with Crippen LogP contribution in [0.25, 0.3) is 11.0 Å². The lowest BCUT2D eigenvalue weighted by Crippen LogP contribution is -2.10. The zero-order valence-electron chi connectivity index (χ0n) is 13.0. The molecule has 0 spiro atoms. The number of fused-ring (bicyclic) bond motifs is 1. The van der Waals surface area contributed by atoms with Gasteiger partial charge in [0, 0.05) is 11.1 Å².